The molecule has 0 bridgehead atoms. The van der Waals surface area contributed by atoms with Gasteiger partial charge in [0.2, 0.25) is 0 Å². The van der Waals surface area contributed by atoms with E-state index < -0.39 is 0 Å². The SMILES string of the molecule is CCSCC(C)NC(CC)c1ccco1. The number of hydrogen-bond acceptors (Lipinski definition) is 3. The quantitative estimate of drug-likeness (QED) is 0.772. The fourth-order valence-electron chi connectivity index (χ4n) is 1.58. The van der Waals surface area contributed by atoms with E-state index in [-0.39, 0.29) is 0 Å². The van der Waals surface area contributed by atoms with E-state index in [1.807, 2.05) is 23.9 Å². The maximum Gasteiger partial charge on any atom is 0.120 e. The molecule has 2 unspecified atom stereocenters. The van der Waals surface area contributed by atoms with E-state index >= 15 is 0 Å². The fraction of sp³-hybridized carbons (Fsp3) is 0.667. The summed E-state index contributed by atoms with van der Waals surface area (Å²) in [6.45, 7) is 6.61. The molecule has 1 rings (SSSR count). The average Bonchev–Trinajstić information content (AvgIpc) is 2.76. The fourth-order valence-corrected chi connectivity index (χ4v) is 2.26. The Labute approximate surface area is 96.8 Å². The Hall–Kier alpha value is -0.410. The maximum absolute atomic E-state index is 5.42. The van der Waals surface area contributed by atoms with Gasteiger partial charge in [-0.25, -0.2) is 0 Å². The third kappa shape index (κ3) is 4.31. The minimum absolute atomic E-state index is 0.354. The zero-order valence-corrected chi connectivity index (χ0v) is 10.6. The molecule has 1 aromatic heterocycles. The van der Waals surface area contributed by atoms with Crippen LogP contribution in [0.2, 0.25) is 0 Å². The number of furan rings is 1. The van der Waals surface area contributed by atoms with E-state index in [1.165, 1.54) is 5.75 Å². The summed E-state index contributed by atoms with van der Waals surface area (Å²) in [5.74, 6) is 3.39. The van der Waals surface area contributed by atoms with Crippen LogP contribution in [-0.2, 0) is 0 Å². The first-order valence-electron chi connectivity index (χ1n) is 5.65. The van der Waals surface area contributed by atoms with Crippen LogP contribution in [0.4, 0.5) is 0 Å². The van der Waals surface area contributed by atoms with Gasteiger partial charge < -0.3 is 9.73 Å². The summed E-state index contributed by atoms with van der Waals surface area (Å²) < 4.78 is 5.42. The number of nitrogens with one attached hydrogen (secondary N) is 1. The summed E-state index contributed by atoms with van der Waals surface area (Å²) in [4.78, 5) is 0. The van der Waals surface area contributed by atoms with E-state index in [4.69, 9.17) is 4.42 Å². The summed E-state index contributed by atoms with van der Waals surface area (Å²) in [6.07, 6.45) is 2.81. The highest BCUT2D eigenvalue weighted by Gasteiger charge is 2.14. The Morgan fingerprint density at radius 2 is 2.27 bits per heavy atom. The molecule has 0 fully saturated rings. The van der Waals surface area contributed by atoms with Crippen molar-refractivity contribution in [1.29, 1.82) is 0 Å². The van der Waals surface area contributed by atoms with Crippen LogP contribution in [-0.4, -0.2) is 17.5 Å². The maximum atomic E-state index is 5.42. The van der Waals surface area contributed by atoms with Gasteiger partial charge in [-0.15, -0.1) is 0 Å². The second-order valence-electron chi connectivity index (χ2n) is 3.70. The molecular weight excluding hydrogens is 206 g/mol. The van der Waals surface area contributed by atoms with Gasteiger partial charge in [-0.2, -0.15) is 11.8 Å². The molecule has 86 valence electrons. The molecule has 1 heterocycles. The van der Waals surface area contributed by atoms with Crippen LogP contribution < -0.4 is 5.32 Å². The van der Waals surface area contributed by atoms with Gasteiger partial charge in [-0.1, -0.05) is 13.8 Å². The van der Waals surface area contributed by atoms with Crippen molar-refractivity contribution in [3.05, 3.63) is 24.2 Å². The standard InChI is InChI=1S/C12H21NOS/c1-4-11(12-7-6-8-14-12)13-10(3)9-15-5-2/h6-8,10-11,13H,4-5,9H2,1-3H3. The molecule has 0 aliphatic heterocycles. The van der Waals surface area contributed by atoms with Crippen LogP contribution in [0.1, 0.15) is 39.0 Å². The number of thioether (sulfide) groups is 1. The van der Waals surface area contributed by atoms with Crippen molar-refractivity contribution in [2.75, 3.05) is 11.5 Å². The molecule has 0 saturated carbocycles. The van der Waals surface area contributed by atoms with Crippen molar-refractivity contribution in [3.8, 4) is 0 Å². The monoisotopic (exact) mass is 227 g/mol. The second-order valence-corrected chi connectivity index (χ2v) is 5.02. The van der Waals surface area contributed by atoms with E-state index in [0.717, 1.165) is 17.9 Å². The topological polar surface area (TPSA) is 25.2 Å². The number of hydrogen-bond donors (Lipinski definition) is 1. The Morgan fingerprint density at radius 1 is 1.47 bits per heavy atom. The Bertz CT molecular complexity index is 248. The first-order valence-corrected chi connectivity index (χ1v) is 6.80. The molecule has 0 aromatic carbocycles. The third-order valence-electron chi connectivity index (χ3n) is 2.35. The lowest BCUT2D eigenvalue weighted by Gasteiger charge is -2.20. The largest absolute Gasteiger partial charge is 0.468 e. The summed E-state index contributed by atoms with van der Waals surface area (Å²) >= 11 is 1.97. The van der Waals surface area contributed by atoms with Crippen molar-refractivity contribution < 1.29 is 4.42 Å². The normalized spacial score (nSPS) is 15.1. The molecule has 3 heteroatoms. The minimum Gasteiger partial charge on any atom is -0.468 e. The predicted octanol–water partition coefficient (Wildman–Crippen LogP) is 3.46. The molecule has 0 radical (unpaired) electrons. The van der Waals surface area contributed by atoms with Gasteiger partial charge in [0.05, 0.1) is 12.3 Å². The van der Waals surface area contributed by atoms with Crippen LogP contribution in [0.25, 0.3) is 0 Å². The van der Waals surface area contributed by atoms with Gasteiger partial charge in [-0.3, -0.25) is 0 Å². The number of rotatable bonds is 7. The Kier molecular flexibility index (Phi) is 5.88. The van der Waals surface area contributed by atoms with E-state index in [2.05, 4.69) is 26.1 Å². The molecular formula is C12H21NOS. The molecule has 0 amide bonds. The Morgan fingerprint density at radius 3 is 2.80 bits per heavy atom. The van der Waals surface area contributed by atoms with Gasteiger partial charge in [0.15, 0.2) is 0 Å². The third-order valence-corrected chi connectivity index (χ3v) is 3.50. The van der Waals surface area contributed by atoms with Gasteiger partial charge in [-0.05, 0) is 31.2 Å². The molecule has 1 N–H and O–H groups in total. The highest BCUT2D eigenvalue weighted by Crippen LogP contribution is 2.18. The van der Waals surface area contributed by atoms with Crippen LogP contribution in [0.3, 0.4) is 0 Å². The summed E-state index contributed by atoms with van der Waals surface area (Å²) in [5.41, 5.74) is 0. The van der Waals surface area contributed by atoms with Crippen LogP contribution >= 0.6 is 11.8 Å². The highest BCUT2D eigenvalue weighted by atomic mass is 32.2. The zero-order chi connectivity index (χ0) is 11.1. The van der Waals surface area contributed by atoms with Crippen molar-refractivity contribution in [1.82, 2.24) is 5.32 Å². The first kappa shape index (κ1) is 12.7. The van der Waals surface area contributed by atoms with Gasteiger partial charge in [0.1, 0.15) is 5.76 Å². The molecule has 15 heavy (non-hydrogen) atoms. The summed E-state index contributed by atoms with van der Waals surface area (Å²) in [7, 11) is 0. The molecule has 0 saturated heterocycles. The lowest BCUT2D eigenvalue weighted by Crippen LogP contribution is -2.31. The molecule has 2 nitrogen and oxygen atoms in total. The summed E-state index contributed by atoms with van der Waals surface area (Å²) in [6, 6.07) is 4.88. The van der Waals surface area contributed by atoms with Crippen molar-refractivity contribution >= 4 is 11.8 Å². The van der Waals surface area contributed by atoms with Crippen LogP contribution in [0.5, 0.6) is 0 Å². The molecule has 0 aliphatic carbocycles. The van der Waals surface area contributed by atoms with Crippen LogP contribution in [0.15, 0.2) is 22.8 Å². The average molecular weight is 227 g/mol. The first-order chi connectivity index (χ1) is 7.27. The lowest BCUT2D eigenvalue weighted by molar-refractivity contribution is 0.383. The smallest absolute Gasteiger partial charge is 0.120 e. The minimum atomic E-state index is 0.354. The molecule has 0 spiro atoms. The second kappa shape index (κ2) is 6.96. The highest BCUT2D eigenvalue weighted by molar-refractivity contribution is 7.99. The van der Waals surface area contributed by atoms with Crippen molar-refractivity contribution in [2.24, 2.45) is 0 Å². The predicted molar refractivity (Wildman–Crippen MR) is 67.3 cm³/mol. The molecule has 2 atom stereocenters. The van der Waals surface area contributed by atoms with E-state index in [1.54, 1.807) is 6.26 Å². The summed E-state index contributed by atoms with van der Waals surface area (Å²) in [5, 5.41) is 3.59. The van der Waals surface area contributed by atoms with Gasteiger partial charge in [0.25, 0.3) is 0 Å². The molecule has 0 aliphatic rings. The lowest BCUT2D eigenvalue weighted by atomic mass is 10.1. The van der Waals surface area contributed by atoms with Gasteiger partial charge in [0, 0.05) is 11.8 Å². The van der Waals surface area contributed by atoms with Crippen molar-refractivity contribution in [2.45, 2.75) is 39.3 Å². The zero-order valence-electron chi connectivity index (χ0n) is 9.82. The van der Waals surface area contributed by atoms with E-state index in [9.17, 15) is 0 Å². The van der Waals surface area contributed by atoms with E-state index in [0.29, 0.717) is 12.1 Å². The van der Waals surface area contributed by atoms with Crippen molar-refractivity contribution in [3.63, 3.8) is 0 Å². The molecule has 1 aromatic rings. The van der Waals surface area contributed by atoms with Gasteiger partial charge >= 0.3 is 0 Å². The van der Waals surface area contributed by atoms with Crippen LogP contribution in [0, 0.1) is 0 Å². The Balaban J connectivity index is 2.40.